The van der Waals surface area contributed by atoms with Gasteiger partial charge in [-0.15, -0.1) is 0 Å². The minimum atomic E-state index is -0.277. The highest BCUT2D eigenvalue weighted by Gasteiger charge is 2.16. The second kappa shape index (κ2) is 9.75. The smallest absolute Gasteiger partial charge is 0.258 e. The number of benzene rings is 2. The number of methoxy groups -OCH3 is 2. The molecule has 1 fully saturated rings. The molecule has 2 aromatic carbocycles. The molecule has 2 N–H and O–H groups in total. The SMILES string of the molecule is COc1cccc(NC(=NC[C@@H]2CCCO2)NC(=O)c2cccc(OC)c2)c1. The van der Waals surface area contributed by atoms with Gasteiger partial charge in [-0.3, -0.25) is 10.1 Å². The molecule has 1 heterocycles. The van der Waals surface area contributed by atoms with Crippen LogP contribution < -0.4 is 20.1 Å². The van der Waals surface area contributed by atoms with Crippen LogP contribution in [0.4, 0.5) is 5.69 Å². The standard InChI is InChI=1S/C21H25N3O4/c1-26-17-8-3-6-15(12-17)20(25)24-21(22-14-19-10-5-11-28-19)23-16-7-4-9-18(13-16)27-2/h3-4,6-9,12-13,19H,5,10-11,14H2,1-2H3,(H2,22,23,24,25)/t19-/m0/s1. The number of hydrogen-bond acceptors (Lipinski definition) is 5. The maximum absolute atomic E-state index is 12.7. The Morgan fingerprint density at radius 1 is 1.14 bits per heavy atom. The van der Waals surface area contributed by atoms with Gasteiger partial charge in [-0.1, -0.05) is 12.1 Å². The number of hydrogen-bond donors (Lipinski definition) is 2. The van der Waals surface area contributed by atoms with Crippen molar-refractivity contribution >= 4 is 17.6 Å². The number of nitrogens with zero attached hydrogens (tertiary/aromatic N) is 1. The first-order chi connectivity index (χ1) is 13.7. The number of carbonyl (C=O) groups excluding carboxylic acids is 1. The fraction of sp³-hybridized carbons (Fsp3) is 0.333. The maximum atomic E-state index is 12.7. The molecule has 7 heteroatoms. The predicted octanol–water partition coefficient (Wildman–Crippen LogP) is 3.08. The second-order valence-corrected chi connectivity index (χ2v) is 6.37. The van der Waals surface area contributed by atoms with E-state index in [1.165, 1.54) is 0 Å². The molecule has 0 aliphatic carbocycles. The average Bonchev–Trinajstić information content (AvgIpc) is 3.26. The Hall–Kier alpha value is -3.06. The van der Waals surface area contributed by atoms with Crippen molar-refractivity contribution in [1.29, 1.82) is 0 Å². The predicted molar refractivity (Wildman–Crippen MR) is 108 cm³/mol. The number of aliphatic imine (C=N–C) groups is 1. The molecule has 7 nitrogen and oxygen atoms in total. The van der Waals surface area contributed by atoms with Crippen molar-refractivity contribution in [3.63, 3.8) is 0 Å². The molecule has 28 heavy (non-hydrogen) atoms. The Morgan fingerprint density at radius 2 is 1.89 bits per heavy atom. The van der Waals surface area contributed by atoms with Crippen molar-refractivity contribution in [3.8, 4) is 11.5 Å². The van der Waals surface area contributed by atoms with Crippen molar-refractivity contribution in [2.75, 3.05) is 32.7 Å². The Morgan fingerprint density at radius 3 is 2.61 bits per heavy atom. The van der Waals surface area contributed by atoms with E-state index in [9.17, 15) is 4.79 Å². The summed E-state index contributed by atoms with van der Waals surface area (Å²) in [6.07, 6.45) is 2.09. The maximum Gasteiger partial charge on any atom is 0.258 e. The van der Waals surface area contributed by atoms with Crippen LogP contribution >= 0.6 is 0 Å². The van der Waals surface area contributed by atoms with Gasteiger partial charge in [-0.2, -0.15) is 0 Å². The van der Waals surface area contributed by atoms with E-state index >= 15 is 0 Å². The quantitative estimate of drug-likeness (QED) is 0.592. The van der Waals surface area contributed by atoms with Gasteiger partial charge in [-0.05, 0) is 43.2 Å². The van der Waals surface area contributed by atoms with Crippen LogP contribution in [0.25, 0.3) is 0 Å². The van der Waals surface area contributed by atoms with E-state index in [4.69, 9.17) is 14.2 Å². The van der Waals surface area contributed by atoms with Gasteiger partial charge in [0.15, 0.2) is 0 Å². The van der Waals surface area contributed by atoms with E-state index in [-0.39, 0.29) is 12.0 Å². The van der Waals surface area contributed by atoms with Gasteiger partial charge in [0.1, 0.15) is 11.5 Å². The third kappa shape index (κ3) is 5.47. The molecule has 148 valence electrons. The second-order valence-electron chi connectivity index (χ2n) is 6.37. The van der Waals surface area contributed by atoms with Crippen molar-refractivity contribution in [2.45, 2.75) is 18.9 Å². The number of nitrogens with one attached hydrogen (secondary N) is 2. The summed E-state index contributed by atoms with van der Waals surface area (Å²) in [6.45, 7) is 1.24. The molecule has 1 aliphatic heterocycles. The summed E-state index contributed by atoms with van der Waals surface area (Å²) in [7, 11) is 3.17. The van der Waals surface area contributed by atoms with Gasteiger partial charge in [0.25, 0.3) is 5.91 Å². The first-order valence-corrected chi connectivity index (χ1v) is 9.20. The van der Waals surface area contributed by atoms with E-state index in [1.54, 1.807) is 38.5 Å². The van der Waals surface area contributed by atoms with Gasteiger partial charge in [-0.25, -0.2) is 4.99 Å². The zero-order valence-electron chi connectivity index (χ0n) is 16.1. The largest absolute Gasteiger partial charge is 0.497 e. The van der Waals surface area contributed by atoms with E-state index in [2.05, 4.69) is 15.6 Å². The molecule has 0 bridgehead atoms. The van der Waals surface area contributed by atoms with Crippen LogP contribution in [0.15, 0.2) is 53.5 Å². The van der Waals surface area contributed by atoms with Crippen LogP contribution in [-0.2, 0) is 4.74 Å². The van der Waals surface area contributed by atoms with Crippen LogP contribution in [0, 0.1) is 0 Å². The van der Waals surface area contributed by atoms with Gasteiger partial charge < -0.3 is 19.5 Å². The third-order valence-electron chi connectivity index (χ3n) is 4.37. The van der Waals surface area contributed by atoms with Crippen LogP contribution in [0.3, 0.4) is 0 Å². The third-order valence-corrected chi connectivity index (χ3v) is 4.37. The molecule has 1 aliphatic rings. The minimum Gasteiger partial charge on any atom is -0.497 e. The fourth-order valence-electron chi connectivity index (χ4n) is 2.87. The monoisotopic (exact) mass is 383 g/mol. The molecule has 2 aromatic rings. The molecule has 1 atom stereocenters. The fourth-order valence-corrected chi connectivity index (χ4v) is 2.87. The molecule has 0 saturated carbocycles. The zero-order valence-corrected chi connectivity index (χ0v) is 16.1. The number of guanidine groups is 1. The van der Waals surface area contributed by atoms with E-state index in [1.807, 2.05) is 24.3 Å². The minimum absolute atomic E-state index is 0.0795. The molecule has 3 rings (SSSR count). The highest BCUT2D eigenvalue weighted by atomic mass is 16.5. The van der Waals surface area contributed by atoms with E-state index in [0.717, 1.165) is 25.1 Å². The number of carbonyl (C=O) groups is 1. The van der Waals surface area contributed by atoms with E-state index in [0.29, 0.717) is 29.6 Å². The molecule has 0 spiro atoms. The van der Waals surface area contributed by atoms with Gasteiger partial charge in [0.2, 0.25) is 5.96 Å². The summed E-state index contributed by atoms with van der Waals surface area (Å²) < 4.78 is 16.1. The topological polar surface area (TPSA) is 81.2 Å². The van der Waals surface area contributed by atoms with Crippen molar-refractivity contribution in [1.82, 2.24) is 5.32 Å². The van der Waals surface area contributed by atoms with Crippen LogP contribution in [-0.4, -0.2) is 45.3 Å². The van der Waals surface area contributed by atoms with Crippen LogP contribution in [0.1, 0.15) is 23.2 Å². The van der Waals surface area contributed by atoms with Crippen LogP contribution in [0.2, 0.25) is 0 Å². The lowest BCUT2D eigenvalue weighted by molar-refractivity contribution is 0.0975. The normalized spacial score (nSPS) is 16.5. The molecule has 0 radical (unpaired) electrons. The summed E-state index contributed by atoms with van der Waals surface area (Å²) in [5, 5.41) is 6.00. The Balaban J connectivity index is 1.76. The summed E-state index contributed by atoms with van der Waals surface area (Å²) in [5.74, 6) is 1.41. The summed E-state index contributed by atoms with van der Waals surface area (Å²) >= 11 is 0. The summed E-state index contributed by atoms with van der Waals surface area (Å²) in [5.41, 5.74) is 1.24. The molecule has 0 unspecified atom stereocenters. The number of anilines is 1. The lowest BCUT2D eigenvalue weighted by Crippen LogP contribution is -2.36. The van der Waals surface area contributed by atoms with Gasteiger partial charge in [0.05, 0.1) is 26.9 Å². The molecular formula is C21H25N3O4. The first-order valence-electron chi connectivity index (χ1n) is 9.20. The number of rotatable bonds is 6. The highest BCUT2D eigenvalue weighted by Crippen LogP contribution is 2.17. The molecule has 1 amide bonds. The lowest BCUT2D eigenvalue weighted by atomic mass is 10.2. The zero-order chi connectivity index (χ0) is 19.8. The van der Waals surface area contributed by atoms with Gasteiger partial charge >= 0.3 is 0 Å². The Labute approximate surface area is 164 Å². The first kappa shape index (κ1) is 19.7. The van der Waals surface area contributed by atoms with Crippen molar-refractivity contribution in [2.24, 2.45) is 4.99 Å². The van der Waals surface area contributed by atoms with E-state index < -0.39 is 0 Å². The Kier molecular flexibility index (Phi) is 6.86. The summed E-state index contributed by atoms with van der Waals surface area (Å²) in [4.78, 5) is 17.2. The molecule has 1 saturated heterocycles. The lowest BCUT2D eigenvalue weighted by Gasteiger charge is -2.14. The molecular weight excluding hydrogens is 358 g/mol. The highest BCUT2D eigenvalue weighted by molar-refractivity contribution is 6.10. The number of ether oxygens (including phenoxy) is 3. The number of amides is 1. The van der Waals surface area contributed by atoms with Crippen molar-refractivity contribution < 1.29 is 19.0 Å². The summed E-state index contributed by atoms with van der Waals surface area (Å²) in [6, 6.07) is 14.4. The molecule has 0 aromatic heterocycles. The average molecular weight is 383 g/mol. The Bertz CT molecular complexity index is 832. The van der Waals surface area contributed by atoms with Crippen molar-refractivity contribution in [3.05, 3.63) is 54.1 Å². The van der Waals surface area contributed by atoms with Gasteiger partial charge in [0, 0.05) is 23.9 Å². The van der Waals surface area contributed by atoms with Crippen LogP contribution in [0.5, 0.6) is 11.5 Å².